The van der Waals surface area contributed by atoms with Crippen molar-refractivity contribution in [3.05, 3.63) is 12.4 Å². The summed E-state index contributed by atoms with van der Waals surface area (Å²) in [6, 6.07) is 0. The molecule has 5 heteroatoms. The average molecular weight is 166 g/mol. The largest absolute Gasteiger partial charge is 0.389 e. The predicted molar refractivity (Wildman–Crippen MR) is 44.7 cm³/mol. The van der Waals surface area contributed by atoms with Gasteiger partial charge < -0.3 is 15.7 Å². The predicted octanol–water partition coefficient (Wildman–Crippen LogP) is -0.760. The lowest BCUT2D eigenvalue weighted by atomic mass is 10.2. The van der Waals surface area contributed by atoms with Crippen LogP contribution in [0.5, 0.6) is 0 Å². The Morgan fingerprint density at radius 2 is 2.25 bits per heavy atom. The van der Waals surface area contributed by atoms with Gasteiger partial charge in [-0.2, -0.15) is 0 Å². The number of nitrogens with two attached hydrogens (primary N) is 1. The monoisotopic (exact) mass is 166 g/mol. The number of nitrogen functional groups attached to an aromatic ring is 1. The van der Waals surface area contributed by atoms with Gasteiger partial charge in [-0.3, -0.25) is 4.98 Å². The summed E-state index contributed by atoms with van der Waals surface area (Å²) in [5, 5.41) is 9.03. The molecule has 0 radical (unpaired) electrons. The van der Waals surface area contributed by atoms with Crippen molar-refractivity contribution >= 4 is 11.6 Å². The molecule has 1 fully saturated rings. The van der Waals surface area contributed by atoms with Crippen LogP contribution in [0.1, 0.15) is 0 Å². The molecule has 5 nitrogen and oxygen atoms in total. The molecule has 0 amide bonds. The quantitative estimate of drug-likeness (QED) is 0.573. The van der Waals surface area contributed by atoms with Crippen molar-refractivity contribution in [1.29, 1.82) is 0 Å². The van der Waals surface area contributed by atoms with Gasteiger partial charge in [-0.1, -0.05) is 0 Å². The van der Waals surface area contributed by atoms with Crippen LogP contribution in [-0.4, -0.2) is 34.3 Å². The van der Waals surface area contributed by atoms with E-state index in [0.717, 1.165) is 5.82 Å². The van der Waals surface area contributed by atoms with E-state index in [0.29, 0.717) is 18.9 Å². The summed E-state index contributed by atoms with van der Waals surface area (Å²) in [6.45, 7) is 1.25. The fourth-order valence-corrected chi connectivity index (χ4v) is 1.17. The van der Waals surface area contributed by atoms with Crippen LogP contribution < -0.4 is 10.6 Å². The molecule has 0 unspecified atom stereocenters. The smallest absolute Gasteiger partial charge is 0.149 e. The number of aromatic nitrogens is 2. The molecule has 0 aromatic carbocycles. The topological polar surface area (TPSA) is 75.3 Å². The van der Waals surface area contributed by atoms with Crippen LogP contribution in [0.15, 0.2) is 12.4 Å². The molecule has 1 aromatic rings. The molecule has 0 aliphatic carbocycles. The number of hydrogen-bond acceptors (Lipinski definition) is 5. The summed E-state index contributed by atoms with van der Waals surface area (Å²) >= 11 is 0. The van der Waals surface area contributed by atoms with Crippen molar-refractivity contribution < 1.29 is 5.11 Å². The Kier molecular flexibility index (Phi) is 1.58. The van der Waals surface area contributed by atoms with Crippen LogP contribution in [-0.2, 0) is 0 Å². The minimum atomic E-state index is -0.228. The number of aliphatic hydroxyl groups is 1. The summed E-state index contributed by atoms with van der Waals surface area (Å²) in [5.74, 6) is 1.15. The highest BCUT2D eigenvalue weighted by molar-refractivity contribution is 5.44. The van der Waals surface area contributed by atoms with Gasteiger partial charge in [0.15, 0.2) is 0 Å². The second-order valence-corrected chi connectivity index (χ2v) is 2.86. The van der Waals surface area contributed by atoms with E-state index in [1.165, 1.54) is 6.20 Å². The first-order chi connectivity index (χ1) is 5.75. The first-order valence-corrected chi connectivity index (χ1v) is 3.76. The minimum Gasteiger partial charge on any atom is -0.389 e. The van der Waals surface area contributed by atoms with E-state index in [2.05, 4.69) is 9.97 Å². The number of anilines is 2. The average Bonchev–Trinajstić information content (AvgIpc) is 1.99. The summed E-state index contributed by atoms with van der Waals surface area (Å²) in [4.78, 5) is 9.89. The Morgan fingerprint density at radius 1 is 1.50 bits per heavy atom. The van der Waals surface area contributed by atoms with Crippen molar-refractivity contribution in [2.75, 3.05) is 23.7 Å². The lowest BCUT2D eigenvalue weighted by Gasteiger charge is -2.36. The van der Waals surface area contributed by atoms with Gasteiger partial charge in [-0.05, 0) is 0 Å². The van der Waals surface area contributed by atoms with Gasteiger partial charge in [-0.25, -0.2) is 4.98 Å². The van der Waals surface area contributed by atoms with Gasteiger partial charge in [0.25, 0.3) is 0 Å². The first-order valence-electron chi connectivity index (χ1n) is 3.76. The minimum absolute atomic E-state index is 0.228. The van der Waals surface area contributed by atoms with Gasteiger partial charge in [0.05, 0.1) is 18.5 Å². The summed E-state index contributed by atoms with van der Waals surface area (Å²) in [5.41, 5.74) is 5.45. The maximum atomic E-state index is 9.03. The summed E-state index contributed by atoms with van der Waals surface area (Å²) < 4.78 is 0. The Bertz CT molecular complexity index is 284. The molecule has 64 valence electrons. The van der Waals surface area contributed by atoms with Gasteiger partial charge in [0.1, 0.15) is 11.6 Å². The van der Waals surface area contributed by atoms with E-state index < -0.39 is 0 Å². The highest BCUT2D eigenvalue weighted by Crippen LogP contribution is 2.17. The molecular weight excluding hydrogens is 156 g/mol. The van der Waals surface area contributed by atoms with Crippen LogP contribution in [0.2, 0.25) is 0 Å². The van der Waals surface area contributed by atoms with Crippen LogP contribution in [0.3, 0.4) is 0 Å². The number of hydrogen-bond donors (Lipinski definition) is 2. The standard InChI is InChI=1S/C7H10N4O/c8-6-1-9-2-7(10-6)11-3-5(12)4-11/h1-2,5,12H,3-4H2,(H2,8,10). The third-order valence-corrected chi connectivity index (χ3v) is 1.83. The number of β-amino-alcohol motifs (C(OH)–C–C–N with tert-alkyl or cyclic N) is 1. The summed E-state index contributed by atoms with van der Waals surface area (Å²) in [7, 11) is 0. The third-order valence-electron chi connectivity index (χ3n) is 1.83. The van der Waals surface area contributed by atoms with Crippen molar-refractivity contribution in [1.82, 2.24) is 9.97 Å². The van der Waals surface area contributed by atoms with Crippen molar-refractivity contribution in [3.8, 4) is 0 Å². The molecule has 3 N–H and O–H groups in total. The maximum absolute atomic E-state index is 9.03. The number of rotatable bonds is 1. The van der Waals surface area contributed by atoms with Gasteiger partial charge >= 0.3 is 0 Å². The fourth-order valence-electron chi connectivity index (χ4n) is 1.17. The van der Waals surface area contributed by atoms with Gasteiger partial charge in [-0.15, -0.1) is 0 Å². The van der Waals surface area contributed by atoms with Crippen molar-refractivity contribution in [3.63, 3.8) is 0 Å². The van der Waals surface area contributed by atoms with E-state index in [1.54, 1.807) is 6.20 Å². The normalized spacial score (nSPS) is 17.6. The van der Waals surface area contributed by atoms with Crippen molar-refractivity contribution in [2.45, 2.75) is 6.10 Å². The van der Waals surface area contributed by atoms with E-state index >= 15 is 0 Å². The van der Waals surface area contributed by atoms with E-state index in [9.17, 15) is 0 Å². The molecule has 2 rings (SSSR count). The Balaban J connectivity index is 2.13. The molecule has 2 heterocycles. The van der Waals surface area contributed by atoms with E-state index in [-0.39, 0.29) is 6.10 Å². The first kappa shape index (κ1) is 7.30. The molecule has 1 aromatic heterocycles. The van der Waals surface area contributed by atoms with E-state index in [1.807, 2.05) is 4.90 Å². The zero-order valence-corrected chi connectivity index (χ0v) is 6.51. The Morgan fingerprint density at radius 3 is 2.83 bits per heavy atom. The van der Waals surface area contributed by atoms with Crippen LogP contribution in [0, 0.1) is 0 Å². The zero-order chi connectivity index (χ0) is 8.55. The number of nitrogens with zero attached hydrogens (tertiary/aromatic N) is 3. The lowest BCUT2D eigenvalue weighted by molar-refractivity contribution is 0.141. The van der Waals surface area contributed by atoms with Gasteiger partial charge in [0, 0.05) is 13.1 Å². The Hall–Kier alpha value is -1.36. The summed E-state index contributed by atoms with van der Waals surface area (Å²) in [6.07, 6.45) is 2.91. The molecule has 1 saturated heterocycles. The van der Waals surface area contributed by atoms with E-state index in [4.69, 9.17) is 10.8 Å². The number of aliphatic hydroxyl groups excluding tert-OH is 1. The van der Waals surface area contributed by atoms with Crippen molar-refractivity contribution in [2.24, 2.45) is 0 Å². The molecule has 0 atom stereocenters. The molecule has 1 aliphatic rings. The Labute approximate surface area is 69.9 Å². The lowest BCUT2D eigenvalue weighted by Crippen LogP contribution is -2.51. The maximum Gasteiger partial charge on any atom is 0.149 e. The molecule has 0 spiro atoms. The highest BCUT2D eigenvalue weighted by Gasteiger charge is 2.25. The molecule has 0 bridgehead atoms. The highest BCUT2D eigenvalue weighted by atomic mass is 16.3. The van der Waals surface area contributed by atoms with Crippen LogP contribution >= 0.6 is 0 Å². The zero-order valence-electron chi connectivity index (χ0n) is 6.51. The van der Waals surface area contributed by atoms with Crippen LogP contribution in [0.25, 0.3) is 0 Å². The van der Waals surface area contributed by atoms with Gasteiger partial charge in [0.2, 0.25) is 0 Å². The molecular formula is C7H10N4O. The fraction of sp³-hybridized carbons (Fsp3) is 0.429. The molecule has 12 heavy (non-hydrogen) atoms. The SMILES string of the molecule is Nc1cncc(N2CC(O)C2)n1. The molecule has 0 saturated carbocycles. The molecule has 1 aliphatic heterocycles. The second kappa shape index (κ2) is 2.60. The third kappa shape index (κ3) is 1.18. The second-order valence-electron chi connectivity index (χ2n) is 2.86. The van der Waals surface area contributed by atoms with Crippen LogP contribution in [0.4, 0.5) is 11.6 Å².